The fraction of sp³-hybridized carbons (Fsp3) is 0.300. The Labute approximate surface area is 86.4 Å². The van der Waals surface area contributed by atoms with Crippen molar-refractivity contribution in [2.75, 3.05) is 6.79 Å². The molecule has 0 spiro atoms. The van der Waals surface area contributed by atoms with Crippen LogP contribution in [0.2, 0.25) is 0 Å². The first-order valence-corrected chi connectivity index (χ1v) is 4.42. The van der Waals surface area contributed by atoms with Crippen molar-refractivity contribution in [2.24, 2.45) is 5.73 Å². The number of hydrogen-bond acceptors (Lipinski definition) is 3. The smallest absolute Gasteiger partial charge is 0.257 e. The Morgan fingerprint density at radius 2 is 2.07 bits per heavy atom. The molecule has 2 N–H and O–H groups in total. The third-order valence-electron chi connectivity index (χ3n) is 2.39. The third-order valence-corrected chi connectivity index (χ3v) is 2.39. The molecule has 5 nitrogen and oxygen atoms in total. The van der Waals surface area contributed by atoms with E-state index in [2.05, 4.69) is 0 Å². The second kappa shape index (κ2) is 3.13. The average molecular weight is 208 g/mol. The highest BCUT2D eigenvalue weighted by Gasteiger charge is 2.33. The van der Waals surface area contributed by atoms with Gasteiger partial charge in [-0.1, -0.05) is 6.07 Å². The molecule has 1 unspecified atom stereocenters. The molecule has 1 radical (unpaired) electrons. The lowest BCUT2D eigenvalue weighted by Gasteiger charge is -2.16. The summed E-state index contributed by atoms with van der Waals surface area (Å²) in [6.45, 7) is 1.36. The fourth-order valence-corrected chi connectivity index (χ4v) is 1.34. The number of amides is 1. The number of hydrogen-bond donors (Lipinski definition) is 1. The summed E-state index contributed by atoms with van der Waals surface area (Å²) in [6, 6.07) is 4.60. The first kappa shape index (κ1) is 9.79. The number of carbonyl (C=O) groups is 1. The highest BCUT2D eigenvalue weighted by atomic mass is 16.7. The van der Waals surface area contributed by atoms with Crippen LogP contribution in [-0.4, -0.2) is 12.7 Å². The van der Waals surface area contributed by atoms with Gasteiger partial charge in [0.2, 0.25) is 12.4 Å². The Hall–Kier alpha value is -1.75. The largest absolute Gasteiger partial charge is 0.454 e. The van der Waals surface area contributed by atoms with E-state index in [1.807, 2.05) is 0 Å². The first-order valence-electron chi connectivity index (χ1n) is 4.42. The minimum atomic E-state index is -1.94. The number of benzene rings is 1. The monoisotopic (exact) mass is 208 g/mol. The Morgan fingerprint density at radius 3 is 2.73 bits per heavy atom. The normalized spacial score (nSPS) is 17.2. The van der Waals surface area contributed by atoms with Crippen molar-refractivity contribution in [1.82, 2.24) is 0 Å². The minimum absolute atomic E-state index is 0.130. The lowest BCUT2D eigenvalue weighted by molar-refractivity contribution is -0.142. The van der Waals surface area contributed by atoms with Crippen molar-refractivity contribution >= 4 is 5.91 Å². The third kappa shape index (κ3) is 1.50. The van der Waals surface area contributed by atoms with Gasteiger partial charge in [0, 0.05) is 5.56 Å². The summed E-state index contributed by atoms with van der Waals surface area (Å²) in [5, 5.41) is 11.8. The molecule has 5 heteroatoms. The van der Waals surface area contributed by atoms with Crippen molar-refractivity contribution in [2.45, 2.75) is 12.5 Å². The molecule has 0 aromatic heterocycles. The maximum Gasteiger partial charge on any atom is 0.257 e. The summed E-state index contributed by atoms with van der Waals surface area (Å²) >= 11 is 0. The van der Waals surface area contributed by atoms with Crippen LogP contribution in [0.5, 0.6) is 11.5 Å². The summed E-state index contributed by atoms with van der Waals surface area (Å²) in [6.07, 6.45) is 0. The van der Waals surface area contributed by atoms with Crippen molar-refractivity contribution in [1.29, 1.82) is 0 Å². The number of carbonyl (C=O) groups excluding carboxylic acids is 1. The average Bonchev–Trinajstić information content (AvgIpc) is 2.63. The highest BCUT2D eigenvalue weighted by Crippen LogP contribution is 2.35. The van der Waals surface area contributed by atoms with Crippen molar-refractivity contribution in [3.63, 3.8) is 0 Å². The maximum absolute atomic E-state index is 11.8. The molecule has 0 saturated carbocycles. The standard InChI is InChI=1S/C10H10NO4/c1-10(13,9(11)12)6-2-3-7-8(4-6)15-5-14-7/h2-4H,5H2,1H3,(H2,11,12). The Bertz CT molecular complexity index is 414. The lowest BCUT2D eigenvalue weighted by atomic mass is 9.95. The molecular formula is C10H10NO4. The summed E-state index contributed by atoms with van der Waals surface area (Å²) in [5.41, 5.74) is 3.36. The zero-order valence-electron chi connectivity index (χ0n) is 8.15. The van der Waals surface area contributed by atoms with Crippen LogP contribution < -0.4 is 15.2 Å². The summed E-state index contributed by atoms with van der Waals surface area (Å²) in [7, 11) is 0. The van der Waals surface area contributed by atoms with Crippen molar-refractivity contribution in [3.05, 3.63) is 23.8 Å². The van der Waals surface area contributed by atoms with Crippen LogP contribution in [0.25, 0.3) is 0 Å². The SMILES string of the molecule is CC([O])(C(N)=O)c1ccc2c(c1)OCO2. The van der Waals surface area contributed by atoms with Crippen LogP contribution in [-0.2, 0) is 15.5 Å². The van der Waals surface area contributed by atoms with E-state index in [1.54, 1.807) is 6.07 Å². The molecule has 1 aliphatic heterocycles. The van der Waals surface area contributed by atoms with Crippen LogP contribution in [0.4, 0.5) is 0 Å². The molecule has 0 saturated heterocycles. The minimum Gasteiger partial charge on any atom is -0.454 e. The van der Waals surface area contributed by atoms with Gasteiger partial charge in [0.25, 0.3) is 5.91 Å². The van der Waals surface area contributed by atoms with Gasteiger partial charge in [0.05, 0.1) is 0 Å². The van der Waals surface area contributed by atoms with Crippen LogP contribution in [0.3, 0.4) is 0 Å². The van der Waals surface area contributed by atoms with Gasteiger partial charge in [-0.05, 0) is 19.1 Å². The number of ether oxygens (including phenoxy) is 2. The zero-order chi connectivity index (χ0) is 11.1. The molecule has 2 rings (SSSR count). The van der Waals surface area contributed by atoms with Crippen LogP contribution in [0, 0.1) is 0 Å². The quantitative estimate of drug-likeness (QED) is 0.770. The molecule has 1 amide bonds. The number of nitrogens with two attached hydrogens (primary N) is 1. The van der Waals surface area contributed by atoms with E-state index in [0.717, 1.165) is 0 Å². The summed E-state index contributed by atoms with van der Waals surface area (Å²) < 4.78 is 10.2. The first-order chi connectivity index (χ1) is 7.01. The Morgan fingerprint density at radius 1 is 1.40 bits per heavy atom. The molecule has 1 aromatic carbocycles. The van der Waals surface area contributed by atoms with E-state index < -0.39 is 11.5 Å². The second-order valence-corrected chi connectivity index (χ2v) is 3.47. The van der Waals surface area contributed by atoms with Gasteiger partial charge in [-0.15, -0.1) is 0 Å². The molecule has 1 aliphatic rings. The molecular weight excluding hydrogens is 198 g/mol. The van der Waals surface area contributed by atoms with Gasteiger partial charge in [-0.25, -0.2) is 5.11 Å². The van der Waals surface area contributed by atoms with Gasteiger partial charge in [0.15, 0.2) is 11.5 Å². The van der Waals surface area contributed by atoms with Crippen LogP contribution >= 0.6 is 0 Å². The van der Waals surface area contributed by atoms with E-state index in [9.17, 15) is 9.90 Å². The van der Waals surface area contributed by atoms with Gasteiger partial charge in [-0.3, -0.25) is 4.79 Å². The molecule has 0 bridgehead atoms. The number of rotatable bonds is 2. The van der Waals surface area contributed by atoms with Crippen LogP contribution in [0.1, 0.15) is 12.5 Å². The Kier molecular flexibility index (Phi) is 2.04. The molecule has 79 valence electrons. The van der Waals surface area contributed by atoms with E-state index in [4.69, 9.17) is 15.2 Å². The number of primary amides is 1. The van der Waals surface area contributed by atoms with Crippen molar-refractivity contribution < 1.29 is 19.4 Å². The molecule has 1 heterocycles. The Balaban J connectivity index is 2.42. The predicted molar refractivity (Wildman–Crippen MR) is 49.8 cm³/mol. The van der Waals surface area contributed by atoms with E-state index >= 15 is 0 Å². The highest BCUT2D eigenvalue weighted by molar-refractivity contribution is 5.84. The van der Waals surface area contributed by atoms with Gasteiger partial charge >= 0.3 is 0 Å². The lowest BCUT2D eigenvalue weighted by Crippen LogP contribution is -2.36. The zero-order valence-corrected chi connectivity index (χ0v) is 8.15. The van der Waals surface area contributed by atoms with Gasteiger partial charge in [-0.2, -0.15) is 0 Å². The molecule has 1 atom stereocenters. The molecule has 0 aliphatic carbocycles. The van der Waals surface area contributed by atoms with E-state index in [0.29, 0.717) is 11.5 Å². The molecule has 1 aromatic rings. The second-order valence-electron chi connectivity index (χ2n) is 3.47. The molecule has 15 heavy (non-hydrogen) atoms. The number of fused-ring (bicyclic) bond motifs is 1. The summed E-state index contributed by atoms with van der Waals surface area (Å²) in [5.74, 6) is 0.121. The topological polar surface area (TPSA) is 81.5 Å². The van der Waals surface area contributed by atoms with Gasteiger partial charge < -0.3 is 15.2 Å². The van der Waals surface area contributed by atoms with E-state index in [1.165, 1.54) is 19.1 Å². The predicted octanol–water partition coefficient (Wildman–Crippen LogP) is 0.546. The maximum atomic E-state index is 11.8. The molecule has 0 fully saturated rings. The van der Waals surface area contributed by atoms with Gasteiger partial charge in [0.1, 0.15) is 0 Å². The fourth-order valence-electron chi connectivity index (χ4n) is 1.34. The van der Waals surface area contributed by atoms with Crippen molar-refractivity contribution in [3.8, 4) is 11.5 Å². The van der Waals surface area contributed by atoms with Crippen LogP contribution in [0.15, 0.2) is 18.2 Å². The summed E-state index contributed by atoms with van der Waals surface area (Å²) in [4.78, 5) is 11.0. The van der Waals surface area contributed by atoms with E-state index in [-0.39, 0.29) is 12.4 Å².